The molecule has 130 valence electrons. The van der Waals surface area contributed by atoms with Crippen molar-refractivity contribution in [1.29, 1.82) is 0 Å². The Labute approximate surface area is 142 Å². The maximum Gasteiger partial charge on any atom is 0.339 e. The van der Waals surface area contributed by atoms with Crippen LogP contribution in [0.3, 0.4) is 0 Å². The van der Waals surface area contributed by atoms with Crippen molar-refractivity contribution in [2.24, 2.45) is 0 Å². The van der Waals surface area contributed by atoms with Gasteiger partial charge in [0.25, 0.3) is 0 Å². The maximum atomic E-state index is 12.2. The molecule has 0 spiro atoms. The number of rotatable bonds is 3. The minimum Gasteiger partial charge on any atom is -0.465 e. The summed E-state index contributed by atoms with van der Waals surface area (Å²) in [7, 11) is 1.36. The number of methoxy groups -OCH3 is 1. The van der Waals surface area contributed by atoms with Crippen LogP contribution >= 0.6 is 0 Å². The van der Waals surface area contributed by atoms with Crippen LogP contribution in [0.2, 0.25) is 0 Å². The van der Waals surface area contributed by atoms with Crippen molar-refractivity contribution < 1.29 is 19.1 Å². The number of anilines is 1. The highest BCUT2D eigenvalue weighted by molar-refractivity contribution is 6.01. The molecule has 24 heavy (non-hydrogen) atoms. The molecule has 1 heterocycles. The smallest absolute Gasteiger partial charge is 0.339 e. The van der Waals surface area contributed by atoms with Crippen LogP contribution < -0.4 is 5.32 Å². The largest absolute Gasteiger partial charge is 0.465 e. The second-order valence-corrected chi connectivity index (χ2v) is 6.50. The first-order chi connectivity index (χ1) is 11.5. The molecule has 6 nitrogen and oxygen atoms in total. The van der Waals surface area contributed by atoms with Crippen molar-refractivity contribution in [2.75, 3.05) is 38.7 Å². The quantitative estimate of drug-likeness (QED) is 0.860. The minimum atomic E-state index is -0.429. The van der Waals surface area contributed by atoms with Crippen LogP contribution in [0.1, 0.15) is 53.7 Å². The highest BCUT2D eigenvalue weighted by atomic mass is 16.5. The number of amides is 1. The van der Waals surface area contributed by atoms with E-state index in [1.807, 2.05) is 12.1 Å². The van der Waals surface area contributed by atoms with Crippen LogP contribution in [0.4, 0.5) is 5.69 Å². The van der Waals surface area contributed by atoms with Crippen molar-refractivity contribution in [3.05, 3.63) is 28.8 Å². The number of hydrogen-bond acceptors (Lipinski definition) is 5. The molecule has 3 rings (SSSR count). The number of hydrogen-bond donors (Lipinski definition) is 1. The van der Waals surface area contributed by atoms with E-state index >= 15 is 0 Å². The van der Waals surface area contributed by atoms with Crippen LogP contribution in [0.5, 0.6) is 0 Å². The van der Waals surface area contributed by atoms with Gasteiger partial charge in [0.05, 0.1) is 31.6 Å². The average molecular weight is 332 g/mol. The molecular weight excluding hydrogens is 308 g/mol. The second-order valence-electron chi connectivity index (χ2n) is 6.50. The van der Waals surface area contributed by atoms with Gasteiger partial charge in [0.1, 0.15) is 0 Å². The molecule has 1 aliphatic carbocycles. The maximum absolute atomic E-state index is 12.2. The molecular formula is C18H24N2O4. The molecule has 0 saturated carbocycles. The van der Waals surface area contributed by atoms with Gasteiger partial charge in [-0.25, -0.2) is 4.79 Å². The summed E-state index contributed by atoms with van der Waals surface area (Å²) in [5.41, 5.74) is 3.31. The molecule has 0 aromatic heterocycles. The van der Waals surface area contributed by atoms with Crippen molar-refractivity contribution in [3.63, 3.8) is 0 Å². The lowest BCUT2D eigenvalue weighted by Crippen LogP contribution is -2.38. The third-order valence-electron chi connectivity index (χ3n) is 4.89. The highest BCUT2D eigenvalue weighted by Crippen LogP contribution is 2.45. The number of carbonyl (C=O) groups excluding carboxylic acids is 2. The van der Waals surface area contributed by atoms with Gasteiger partial charge in [-0.1, -0.05) is 6.92 Å². The van der Waals surface area contributed by atoms with E-state index in [4.69, 9.17) is 9.47 Å². The SMILES string of the molecule is COC(=O)c1cc2c(cc1NC(C)=O)C(C)CC2N1CCOCC1. The van der Waals surface area contributed by atoms with E-state index in [2.05, 4.69) is 17.1 Å². The standard InChI is InChI=1S/C18H24N2O4/c1-11-8-17(20-4-6-24-7-5-20)14-9-15(18(22)23-3)16(10-13(11)14)19-12(2)21/h9-11,17H,4-8H2,1-3H3,(H,19,21). The van der Waals surface area contributed by atoms with Gasteiger partial charge in [0, 0.05) is 26.1 Å². The van der Waals surface area contributed by atoms with Crippen LogP contribution in [0.15, 0.2) is 12.1 Å². The summed E-state index contributed by atoms with van der Waals surface area (Å²) < 4.78 is 10.4. The lowest BCUT2D eigenvalue weighted by molar-refractivity contribution is -0.114. The summed E-state index contributed by atoms with van der Waals surface area (Å²) in [6, 6.07) is 4.12. The number of nitrogens with zero attached hydrogens (tertiary/aromatic N) is 1. The normalized spacial score (nSPS) is 23.6. The number of ether oxygens (including phenoxy) is 2. The fourth-order valence-electron chi connectivity index (χ4n) is 3.74. The zero-order chi connectivity index (χ0) is 17.3. The Morgan fingerprint density at radius 2 is 1.96 bits per heavy atom. The summed E-state index contributed by atoms with van der Waals surface area (Å²) >= 11 is 0. The summed E-state index contributed by atoms with van der Waals surface area (Å²) in [5.74, 6) is -0.246. The molecule has 1 saturated heterocycles. The Balaban J connectivity index is 2.02. The first kappa shape index (κ1) is 16.9. The molecule has 6 heteroatoms. The van der Waals surface area contributed by atoms with E-state index in [0.29, 0.717) is 17.2 Å². The predicted molar refractivity (Wildman–Crippen MR) is 90.3 cm³/mol. The molecule has 1 aromatic carbocycles. The Morgan fingerprint density at radius 1 is 1.25 bits per heavy atom. The molecule has 1 aromatic rings. The highest BCUT2D eigenvalue weighted by Gasteiger charge is 2.35. The van der Waals surface area contributed by atoms with E-state index in [9.17, 15) is 9.59 Å². The Kier molecular flexibility index (Phi) is 4.87. The molecule has 1 N–H and O–H groups in total. The van der Waals surface area contributed by atoms with E-state index in [1.54, 1.807) is 0 Å². The predicted octanol–water partition coefficient (Wildman–Crippen LogP) is 2.31. The molecule has 0 bridgehead atoms. The number of morpholine rings is 1. The van der Waals surface area contributed by atoms with Crippen molar-refractivity contribution >= 4 is 17.6 Å². The zero-order valence-corrected chi connectivity index (χ0v) is 14.4. The van der Waals surface area contributed by atoms with Gasteiger partial charge in [-0.05, 0) is 35.6 Å². The van der Waals surface area contributed by atoms with E-state index < -0.39 is 5.97 Å². The number of fused-ring (bicyclic) bond motifs is 1. The minimum absolute atomic E-state index is 0.199. The van der Waals surface area contributed by atoms with Gasteiger partial charge in [-0.15, -0.1) is 0 Å². The van der Waals surface area contributed by atoms with Crippen molar-refractivity contribution in [1.82, 2.24) is 4.90 Å². The van der Waals surface area contributed by atoms with Crippen LogP contribution in [-0.4, -0.2) is 50.2 Å². The monoisotopic (exact) mass is 332 g/mol. The lowest BCUT2D eigenvalue weighted by Gasteiger charge is -2.33. The number of nitrogens with one attached hydrogen (secondary N) is 1. The van der Waals surface area contributed by atoms with Crippen LogP contribution in [0, 0.1) is 0 Å². The van der Waals surface area contributed by atoms with E-state index in [0.717, 1.165) is 32.7 Å². The average Bonchev–Trinajstić information content (AvgIpc) is 2.90. The van der Waals surface area contributed by atoms with Crippen molar-refractivity contribution in [2.45, 2.75) is 32.2 Å². The van der Waals surface area contributed by atoms with Crippen LogP contribution in [-0.2, 0) is 14.3 Å². The zero-order valence-electron chi connectivity index (χ0n) is 14.4. The number of esters is 1. The molecule has 1 fully saturated rings. The van der Waals surface area contributed by atoms with Gasteiger partial charge in [-0.3, -0.25) is 9.69 Å². The van der Waals surface area contributed by atoms with Gasteiger partial charge >= 0.3 is 5.97 Å². The lowest BCUT2D eigenvalue weighted by atomic mass is 9.99. The fourth-order valence-corrected chi connectivity index (χ4v) is 3.74. The molecule has 2 atom stereocenters. The van der Waals surface area contributed by atoms with E-state index in [-0.39, 0.29) is 11.9 Å². The van der Waals surface area contributed by atoms with Crippen molar-refractivity contribution in [3.8, 4) is 0 Å². The topological polar surface area (TPSA) is 67.9 Å². The molecule has 1 aliphatic heterocycles. The Morgan fingerprint density at radius 3 is 2.58 bits per heavy atom. The summed E-state index contributed by atoms with van der Waals surface area (Å²) in [6.45, 7) is 6.92. The first-order valence-corrected chi connectivity index (χ1v) is 8.36. The third-order valence-corrected chi connectivity index (χ3v) is 4.89. The Hall–Kier alpha value is -1.92. The third kappa shape index (κ3) is 3.16. The second kappa shape index (κ2) is 6.91. The Bertz CT molecular complexity index is 653. The molecule has 0 radical (unpaired) electrons. The van der Waals surface area contributed by atoms with Gasteiger partial charge < -0.3 is 14.8 Å². The van der Waals surface area contributed by atoms with E-state index in [1.165, 1.54) is 25.2 Å². The summed E-state index contributed by atoms with van der Waals surface area (Å²) in [5, 5.41) is 2.76. The van der Waals surface area contributed by atoms with Crippen LogP contribution in [0.25, 0.3) is 0 Å². The van der Waals surface area contributed by atoms with Gasteiger partial charge in [-0.2, -0.15) is 0 Å². The van der Waals surface area contributed by atoms with Gasteiger partial charge in [0.2, 0.25) is 5.91 Å². The number of benzene rings is 1. The molecule has 1 amide bonds. The molecule has 2 unspecified atom stereocenters. The fraction of sp³-hybridized carbons (Fsp3) is 0.556. The summed E-state index contributed by atoms with van der Waals surface area (Å²) in [6.07, 6.45) is 1.01. The molecule has 2 aliphatic rings. The first-order valence-electron chi connectivity index (χ1n) is 8.36. The van der Waals surface area contributed by atoms with Gasteiger partial charge in [0.15, 0.2) is 0 Å². The summed E-state index contributed by atoms with van der Waals surface area (Å²) in [4.78, 5) is 26.1. The number of carbonyl (C=O) groups is 2.